The van der Waals surface area contributed by atoms with Crippen molar-refractivity contribution >= 4 is 5.69 Å². The Morgan fingerprint density at radius 1 is 1.44 bits per heavy atom. The van der Waals surface area contributed by atoms with Crippen molar-refractivity contribution in [1.29, 1.82) is 0 Å². The Morgan fingerprint density at radius 2 is 2.25 bits per heavy atom. The van der Waals surface area contributed by atoms with Crippen molar-refractivity contribution in [3.63, 3.8) is 0 Å². The Labute approximate surface area is 93.7 Å². The van der Waals surface area contributed by atoms with Crippen LogP contribution in [-0.4, -0.2) is 9.55 Å². The zero-order chi connectivity index (χ0) is 11.5. The Hall–Kier alpha value is -1.84. The van der Waals surface area contributed by atoms with E-state index >= 15 is 0 Å². The molecule has 16 heavy (non-hydrogen) atoms. The molecule has 4 heteroatoms. The standard InChI is InChI=1S/C12H14FN3/c1-2-16-6-5-15-12(16)8-9-3-4-11(14)10(13)7-9/h3-7H,2,8,14H2,1H3. The summed E-state index contributed by atoms with van der Waals surface area (Å²) in [6.45, 7) is 2.92. The van der Waals surface area contributed by atoms with Gasteiger partial charge in [-0.3, -0.25) is 0 Å². The van der Waals surface area contributed by atoms with Gasteiger partial charge >= 0.3 is 0 Å². The van der Waals surface area contributed by atoms with Crippen LogP contribution in [-0.2, 0) is 13.0 Å². The average molecular weight is 219 g/mol. The van der Waals surface area contributed by atoms with Crippen LogP contribution >= 0.6 is 0 Å². The lowest BCUT2D eigenvalue weighted by molar-refractivity contribution is 0.629. The molecule has 84 valence electrons. The molecule has 3 nitrogen and oxygen atoms in total. The Morgan fingerprint density at radius 3 is 2.94 bits per heavy atom. The molecule has 0 saturated carbocycles. The molecule has 0 unspecified atom stereocenters. The first-order valence-electron chi connectivity index (χ1n) is 5.24. The summed E-state index contributed by atoms with van der Waals surface area (Å²) < 4.78 is 15.3. The maximum absolute atomic E-state index is 13.2. The van der Waals surface area contributed by atoms with Crippen LogP contribution in [0, 0.1) is 5.82 Å². The maximum Gasteiger partial charge on any atom is 0.146 e. The van der Waals surface area contributed by atoms with Crippen LogP contribution in [0.3, 0.4) is 0 Å². The molecular weight excluding hydrogens is 205 g/mol. The number of hydrogen-bond acceptors (Lipinski definition) is 2. The van der Waals surface area contributed by atoms with Crippen LogP contribution in [0.2, 0.25) is 0 Å². The summed E-state index contributed by atoms with van der Waals surface area (Å²) in [6.07, 6.45) is 4.30. The molecule has 1 aromatic heterocycles. The number of nitrogens with zero attached hydrogens (tertiary/aromatic N) is 2. The first-order chi connectivity index (χ1) is 7.70. The number of halogens is 1. The SMILES string of the molecule is CCn1ccnc1Cc1ccc(N)c(F)c1. The van der Waals surface area contributed by atoms with Gasteiger partial charge in [-0.25, -0.2) is 9.37 Å². The highest BCUT2D eigenvalue weighted by Crippen LogP contribution is 2.14. The van der Waals surface area contributed by atoms with Crippen molar-refractivity contribution in [2.24, 2.45) is 0 Å². The van der Waals surface area contributed by atoms with E-state index < -0.39 is 0 Å². The quantitative estimate of drug-likeness (QED) is 0.804. The number of rotatable bonds is 3. The van der Waals surface area contributed by atoms with Gasteiger partial charge in [0.15, 0.2) is 0 Å². The maximum atomic E-state index is 13.2. The minimum atomic E-state index is -0.368. The van der Waals surface area contributed by atoms with Gasteiger partial charge in [0.25, 0.3) is 0 Å². The summed E-state index contributed by atoms with van der Waals surface area (Å²) in [5, 5.41) is 0. The summed E-state index contributed by atoms with van der Waals surface area (Å²) in [7, 11) is 0. The monoisotopic (exact) mass is 219 g/mol. The second-order valence-corrected chi connectivity index (χ2v) is 3.66. The van der Waals surface area contributed by atoms with Crippen molar-refractivity contribution in [1.82, 2.24) is 9.55 Å². The Bertz CT molecular complexity index is 491. The largest absolute Gasteiger partial charge is 0.396 e. The lowest BCUT2D eigenvalue weighted by Gasteiger charge is -2.05. The van der Waals surface area contributed by atoms with Crippen molar-refractivity contribution in [3.05, 3.63) is 47.8 Å². The third kappa shape index (κ3) is 2.05. The minimum Gasteiger partial charge on any atom is -0.396 e. The minimum absolute atomic E-state index is 0.183. The summed E-state index contributed by atoms with van der Waals surface area (Å²) in [4.78, 5) is 4.24. The van der Waals surface area contributed by atoms with E-state index in [2.05, 4.69) is 11.9 Å². The van der Waals surface area contributed by atoms with Gasteiger partial charge in [-0.05, 0) is 24.6 Å². The van der Waals surface area contributed by atoms with Crippen LogP contribution in [0.25, 0.3) is 0 Å². The van der Waals surface area contributed by atoms with Gasteiger partial charge in [0.2, 0.25) is 0 Å². The number of nitrogen functional groups attached to an aromatic ring is 1. The van der Waals surface area contributed by atoms with Crippen LogP contribution < -0.4 is 5.73 Å². The van der Waals surface area contributed by atoms with Crippen LogP contribution in [0.1, 0.15) is 18.3 Å². The first-order valence-corrected chi connectivity index (χ1v) is 5.24. The molecular formula is C12H14FN3. The number of aromatic nitrogens is 2. The summed E-state index contributed by atoms with van der Waals surface area (Å²) in [5.74, 6) is 0.568. The molecule has 0 aliphatic carbocycles. The molecule has 0 bridgehead atoms. The van der Waals surface area contributed by atoms with Crippen LogP contribution in [0.4, 0.5) is 10.1 Å². The van der Waals surface area contributed by atoms with Crippen molar-refractivity contribution in [3.8, 4) is 0 Å². The molecule has 0 spiro atoms. The fourth-order valence-electron chi connectivity index (χ4n) is 1.66. The van der Waals surface area contributed by atoms with E-state index in [0.717, 1.165) is 17.9 Å². The summed E-state index contributed by atoms with van der Waals surface area (Å²) >= 11 is 0. The fourth-order valence-corrected chi connectivity index (χ4v) is 1.66. The van der Waals surface area contributed by atoms with Crippen molar-refractivity contribution < 1.29 is 4.39 Å². The van der Waals surface area contributed by atoms with Crippen LogP contribution in [0.15, 0.2) is 30.6 Å². The third-order valence-corrected chi connectivity index (χ3v) is 2.57. The normalized spacial score (nSPS) is 10.6. The first kappa shape index (κ1) is 10.7. The molecule has 0 atom stereocenters. The number of benzene rings is 1. The predicted octanol–water partition coefficient (Wildman–Crippen LogP) is 2.22. The Balaban J connectivity index is 2.24. The van der Waals surface area contributed by atoms with Gasteiger partial charge in [-0.15, -0.1) is 0 Å². The van der Waals surface area contributed by atoms with E-state index in [-0.39, 0.29) is 11.5 Å². The van der Waals surface area contributed by atoms with Gasteiger partial charge in [-0.1, -0.05) is 6.07 Å². The highest BCUT2D eigenvalue weighted by Gasteiger charge is 2.05. The molecule has 1 heterocycles. The van der Waals surface area contributed by atoms with E-state index in [1.165, 1.54) is 6.07 Å². The van der Waals surface area contributed by atoms with E-state index in [1.807, 2.05) is 16.8 Å². The van der Waals surface area contributed by atoms with Gasteiger partial charge < -0.3 is 10.3 Å². The van der Waals surface area contributed by atoms with E-state index in [4.69, 9.17) is 5.73 Å². The zero-order valence-corrected chi connectivity index (χ0v) is 9.15. The topological polar surface area (TPSA) is 43.8 Å². The molecule has 0 radical (unpaired) electrons. The van der Waals surface area contributed by atoms with E-state index in [0.29, 0.717) is 6.42 Å². The molecule has 0 aliphatic rings. The van der Waals surface area contributed by atoms with Gasteiger partial charge in [0.05, 0.1) is 5.69 Å². The molecule has 0 fully saturated rings. The number of aryl methyl sites for hydroxylation is 1. The van der Waals surface area contributed by atoms with Gasteiger partial charge in [0.1, 0.15) is 11.6 Å². The molecule has 0 aliphatic heterocycles. The van der Waals surface area contributed by atoms with Gasteiger partial charge in [0, 0.05) is 25.4 Å². The number of anilines is 1. The fraction of sp³-hybridized carbons (Fsp3) is 0.250. The van der Waals surface area contributed by atoms with E-state index in [1.54, 1.807) is 12.3 Å². The van der Waals surface area contributed by atoms with Crippen LogP contribution in [0.5, 0.6) is 0 Å². The van der Waals surface area contributed by atoms with E-state index in [9.17, 15) is 4.39 Å². The number of imidazole rings is 1. The average Bonchev–Trinajstić information content (AvgIpc) is 2.71. The number of nitrogens with two attached hydrogens (primary N) is 1. The molecule has 1 aromatic carbocycles. The summed E-state index contributed by atoms with van der Waals surface area (Å²) in [6, 6.07) is 4.88. The molecule has 2 rings (SSSR count). The van der Waals surface area contributed by atoms with Crippen molar-refractivity contribution in [2.45, 2.75) is 19.9 Å². The number of hydrogen-bond donors (Lipinski definition) is 1. The van der Waals surface area contributed by atoms with Crippen molar-refractivity contribution in [2.75, 3.05) is 5.73 Å². The molecule has 2 N–H and O–H groups in total. The zero-order valence-electron chi connectivity index (χ0n) is 9.15. The second kappa shape index (κ2) is 4.35. The molecule has 2 aromatic rings. The lowest BCUT2D eigenvalue weighted by atomic mass is 10.1. The van der Waals surface area contributed by atoms with Gasteiger partial charge in [-0.2, -0.15) is 0 Å². The highest BCUT2D eigenvalue weighted by atomic mass is 19.1. The second-order valence-electron chi connectivity index (χ2n) is 3.66. The predicted molar refractivity (Wildman–Crippen MR) is 61.5 cm³/mol. The smallest absolute Gasteiger partial charge is 0.146 e. The third-order valence-electron chi connectivity index (χ3n) is 2.57. The molecule has 0 amide bonds. The summed E-state index contributed by atoms with van der Waals surface area (Å²) in [5.41, 5.74) is 6.49. The Kier molecular flexibility index (Phi) is 2.90. The molecule has 0 saturated heterocycles. The lowest BCUT2D eigenvalue weighted by Crippen LogP contribution is -2.02. The highest BCUT2D eigenvalue weighted by molar-refractivity contribution is 5.41.